The van der Waals surface area contributed by atoms with Crippen LogP contribution >= 0.6 is 0 Å². The van der Waals surface area contributed by atoms with Crippen LogP contribution in [0, 0.1) is 0 Å². The van der Waals surface area contributed by atoms with Gasteiger partial charge in [0.15, 0.2) is 0 Å². The van der Waals surface area contributed by atoms with Gasteiger partial charge < -0.3 is 0 Å². The first-order valence-electron chi connectivity index (χ1n) is 15.1. The first-order valence-corrected chi connectivity index (χ1v) is 16.8. The van der Waals surface area contributed by atoms with E-state index < -0.39 is 0 Å². The second-order valence-corrected chi connectivity index (χ2v) is 11.5. The Labute approximate surface area is 208 Å². The Hall–Kier alpha value is 0.558. The van der Waals surface area contributed by atoms with Crippen LogP contribution in [0.4, 0.5) is 0 Å². The van der Waals surface area contributed by atoms with Gasteiger partial charge in [-0.2, -0.15) is 0 Å². The molecule has 31 heavy (non-hydrogen) atoms. The molecule has 1 unspecified atom stereocenters. The molecule has 188 valence electrons. The van der Waals surface area contributed by atoms with Crippen LogP contribution in [-0.2, 0) is 0 Å². The molecular weight excluding hydrogens is 435 g/mol. The number of hydrogen-bond acceptors (Lipinski definition) is 0. The van der Waals surface area contributed by atoms with Crippen molar-refractivity contribution in [2.75, 3.05) is 0 Å². The average molecular weight is 499 g/mol. The molecule has 0 bridgehead atoms. The third-order valence-electron chi connectivity index (χ3n) is 7.06. The van der Waals surface area contributed by atoms with Gasteiger partial charge in [-0.15, -0.1) is 0 Å². The van der Waals surface area contributed by atoms with E-state index in [9.17, 15) is 0 Å². The van der Waals surface area contributed by atoms with Gasteiger partial charge in [0.1, 0.15) is 0 Å². The SMILES string of the molecule is CCCCCCCCCCCCCCCCCCCCCCCCCCCCCC[AsH2]. The van der Waals surface area contributed by atoms with Crippen LogP contribution in [0.3, 0.4) is 0 Å². The van der Waals surface area contributed by atoms with E-state index in [4.69, 9.17) is 0 Å². The van der Waals surface area contributed by atoms with Gasteiger partial charge >= 0.3 is 92.7 Å². The second-order valence-electron chi connectivity index (χ2n) is 10.3. The molecular formula is C30H63As. The summed E-state index contributed by atoms with van der Waals surface area (Å²) >= 11 is 1.90. The van der Waals surface area contributed by atoms with Crippen LogP contribution < -0.4 is 0 Å². The van der Waals surface area contributed by atoms with Crippen LogP contribution in [0.25, 0.3) is 0 Å². The molecule has 0 nitrogen and oxygen atoms in total. The number of rotatable bonds is 28. The summed E-state index contributed by atoms with van der Waals surface area (Å²) in [4.78, 5) is 0. The fourth-order valence-electron chi connectivity index (χ4n) is 4.81. The van der Waals surface area contributed by atoms with Crippen LogP contribution in [-0.4, -0.2) is 16.9 Å². The standard InChI is InChI=1S/C30H63As/c1-2-3-4-5-6-7-8-9-10-11-12-13-14-15-16-17-18-19-20-21-22-23-24-25-26-27-28-29-30-31/h2-31H2,1H3. The van der Waals surface area contributed by atoms with Crippen molar-refractivity contribution in [3.05, 3.63) is 0 Å². The molecule has 0 heterocycles. The summed E-state index contributed by atoms with van der Waals surface area (Å²) < 4.78 is 0. The normalized spacial score (nSPS) is 11.4. The Bertz CT molecular complexity index is 260. The van der Waals surface area contributed by atoms with E-state index >= 15 is 0 Å². The van der Waals surface area contributed by atoms with Crippen LogP contribution in [0.2, 0.25) is 5.21 Å². The quantitative estimate of drug-likeness (QED) is 0.0743. The summed E-state index contributed by atoms with van der Waals surface area (Å²) in [5.41, 5.74) is 0. The molecule has 0 aliphatic rings. The summed E-state index contributed by atoms with van der Waals surface area (Å²) in [6.45, 7) is 2.31. The van der Waals surface area contributed by atoms with E-state index in [1.165, 1.54) is 185 Å². The van der Waals surface area contributed by atoms with E-state index in [2.05, 4.69) is 6.92 Å². The predicted molar refractivity (Wildman–Crippen MR) is 148 cm³/mol. The van der Waals surface area contributed by atoms with E-state index in [-0.39, 0.29) is 0 Å². The molecule has 1 atom stereocenters. The van der Waals surface area contributed by atoms with E-state index in [1.807, 2.05) is 16.9 Å². The molecule has 0 aromatic heterocycles. The van der Waals surface area contributed by atoms with Gasteiger partial charge in [-0.05, 0) is 0 Å². The Morgan fingerprint density at radius 2 is 0.419 bits per heavy atom. The molecule has 0 amide bonds. The van der Waals surface area contributed by atoms with Gasteiger partial charge in [0, 0.05) is 0 Å². The molecule has 0 aliphatic heterocycles. The summed E-state index contributed by atoms with van der Waals surface area (Å²) in [7, 11) is 0. The van der Waals surface area contributed by atoms with Crippen molar-refractivity contribution in [3.63, 3.8) is 0 Å². The molecule has 0 saturated carbocycles. The molecule has 0 aromatic carbocycles. The molecule has 0 N–H and O–H groups in total. The molecule has 0 fully saturated rings. The molecule has 0 saturated heterocycles. The van der Waals surface area contributed by atoms with Gasteiger partial charge in [0.25, 0.3) is 0 Å². The first kappa shape index (κ1) is 31.6. The maximum atomic E-state index is 2.31. The summed E-state index contributed by atoms with van der Waals surface area (Å²) in [6.07, 6.45) is 41.6. The zero-order valence-corrected chi connectivity index (χ0v) is 24.5. The van der Waals surface area contributed by atoms with E-state index in [0.29, 0.717) is 0 Å². The van der Waals surface area contributed by atoms with Crippen LogP contribution in [0.5, 0.6) is 0 Å². The van der Waals surface area contributed by atoms with Crippen LogP contribution in [0.15, 0.2) is 0 Å². The molecule has 0 radical (unpaired) electrons. The van der Waals surface area contributed by atoms with Crippen molar-refractivity contribution in [1.29, 1.82) is 0 Å². The Morgan fingerprint density at radius 1 is 0.258 bits per heavy atom. The first-order chi connectivity index (χ1) is 15.4. The van der Waals surface area contributed by atoms with Gasteiger partial charge in [0.05, 0.1) is 0 Å². The van der Waals surface area contributed by atoms with E-state index in [1.54, 1.807) is 0 Å². The molecule has 0 rings (SSSR count). The third-order valence-corrected chi connectivity index (χ3v) is 7.91. The van der Waals surface area contributed by atoms with Gasteiger partial charge in [-0.1, -0.05) is 116 Å². The van der Waals surface area contributed by atoms with Crippen LogP contribution in [0.1, 0.15) is 187 Å². The van der Waals surface area contributed by atoms with Crippen molar-refractivity contribution < 1.29 is 0 Å². The molecule has 1 heteroatoms. The second kappa shape index (κ2) is 30.6. The maximum absolute atomic E-state index is 2.31. The fourth-order valence-corrected chi connectivity index (χ4v) is 5.42. The van der Waals surface area contributed by atoms with Crippen molar-refractivity contribution in [2.45, 2.75) is 192 Å². The third kappa shape index (κ3) is 30.6. The zero-order valence-electron chi connectivity index (χ0n) is 22.1. The van der Waals surface area contributed by atoms with Crippen molar-refractivity contribution in [3.8, 4) is 0 Å². The average Bonchev–Trinajstić information content (AvgIpc) is 2.78. The number of hydrogen-bond donors (Lipinski definition) is 0. The minimum absolute atomic E-state index is 1.37. The summed E-state index contributed by atoms with van der Waals surface area (Å²) in [5, 5.41) is 1.44. The topological polar surface area (TPSA) is 0 Å². The Kier molecular flexibility index (Phi) is 31.1. The minimum atomic E-state index is 1.37. The van der Waals surface area contributed by atoms with Gasteiger partial charge in [0.2, 0.25) is 0 Å². The van der Waals surface area contributed by atoms with E-state index in [0.717, 1.165) is 0 Å². The van der Waals surface area contributed by atoms with Crippen molar-refractivity contribution in [1.82, 2.24) is 0 Å². The fraction of sp³-hybridized carbons (Fsp3) is 1.00. The number of unbranched alkanes of at least 4 members (excludes halogenated alkanes) is 27. The predicted octanol–water partition coefficient (Wildman–Crippen LogP) is 11.0. The Morgan fingerprint density at radius 3 is 0.581 bits per heavy atom. The summed E-state index contributed by atoms with van der Waals surface area (Å²) in [6, 6.07) is 0. The van der Waals surface area contributed by atoms with Crippen molar-refractivity contribution >= 4 is 16.9 Å². The molecule has 0 spiro atoms. The summed E-state index contributed by atoms with van der Waals surface area (Å²) in [5.74, 6) is 0. The monoisotopic (exact) mass is 498 g/mol. The van der Waals surface area contributed by atoms with Gasteiger partial charge in [-0.3, -0.25) is 0 Å². The van der Waals surface area contributed by atoms with Crippen molar-refractivity contribution in [2.24, 2.45) is 0 Å². The zero-order chi connectivity index (χ0) is 22.5. The molecule has 0 aromatic rings. The molecule has 0 aliphatic carbocycles. The Balaban J connectivity index is 2.98. The van der Waals surface area contributed by atoms with Gasteiger partial charge in [-0.25, -0.2) is 0 Å².